The fraction of sp³-hybridized carbons (Fsp3) is 0.222. The number of rotatable bonds is 4. The van der Waals surface area contributed by atoms with E-state index in [1.165, 1.54) is 19.2 Å². The normalized spacial score (nSPS) is 9.93. The Hall–Kier alpha value is -0.940. The van der Waals surface area contributed by atoms with Gasteiger partial charge in [0, 0.05) is 7.11 Å². The van der Waals surface area contributed by atoms with E-state index in [-0.39, 0.29) is 16.8 Å². The molecule has 0 unspecified atom stereocenters. The maximum atomic E-state index is 13.1. The van der Waals surface area contributed by atoms with Gasteiger partial charge in [-0.1, -0.05) is 0 Å². The summed E-state index contributed by atoms with van der Waals surface area (Å²) in [5, 5.41) is 0. The maximum absolute atomic E-state index is 13.1. The summed E-state index contributed by atoms with van der Waals surface area (Å²) in [4.78, 5) is 10.5. The topological polar surface area (TPSA) is 35.5 Å². The number of carbonyl (C=O) groups is 1. The van der Waals surface area contributed by atoms with Gasteiger partial charge in [-0.3, -0.25) is 4.79 Å². The lowest BCUT2D eigenvalue weighted by atomic mass is 10.2. The van der Waals surface area contributed by atoms with Crippen LogP contribution in [-0.4, -0.2) is 20.2 Å². The summed E-state index contributed by atoms with van der Waals surface area (Å²) in [7, 11) is 1.47. The Morgan fingerprint density at radius 1 is 1.57 bits per heavy atom. The summed E-state index contributed by atoms with van der Waals surface area (Å²) in [5.41, 5.74) is -0.0505. The van der Waals surface area contributed by atoms with Gasteiger partial charge in [0.1, 0.15) is 11.6 Å². The van der Waals surface area contributed by atoms with Crippen LogP contribution in [0.3, 0.4) is 0 Å². The van der Waals surface area contributed by atoms with Crippen LogP contribution in [0.5, 0.6) is 5.75 Å². The van der Waals surface area contributed by atoms with Crippen molar-refractivity contribution in [1.82, 2.24) is 0 Å². The number of aldehydes is 1. The Kier molecular flexibility index (Phi) is 4.03. The molecule has 1 aromatic carbocycles. The molecule has 0 heterocycles. The van der Waals surface area contributed by atoms with Gasteiger partial charge in [-0.15, -0.1) is 0 Å². The van der Waals surface area contributed by atoms with Gasteiger partial charge in [-0.2, -0.15) is 0 Å². The predicted octanol–water partition coefficient (Wildman–Crippen LogP) is 2.38. The highest BCUT2D eigenvalue weighted by Gasteiger charge is 2.08. The molecule has 0 spiro atoms. The van der Waals surface area contributed by atoms with Gasteiger partial charge < -0.3 is 9.47 Å². The van der Waals surface area contributed by atoms with Crippen molar-refractivity contribution in [3.8, 4) is 5.75 Å². The van der Waals surface area contributed by atoms with Gasteiger partial charge in [0.05, 0.1) is 10.0 Å². The van der Waals surface area contributed by atoms with Gasteiger partial charge in [-0.05, 0) is 28.1 Å². The van der Waals surface area contributed by atoms with Gasteiger partial charge in [-0.25, -0.2) is 4.39 Å². The highest BCUT2D eigenvalue weighted by Crippen LogP contribution is 2.24. The second kappa shape index (κ2) is 5.07. The minimum atomic E-state index is -0.593. The first kappa shape index (κ1) is 11.1. The SMILES string of the molecule is COCOc1cc(Br)c(F)c(C=O)c1. The zero-order chi connectivity index (χ0) is 10.6. The molecule has 0 saturated heterocycles. The van der Waals surface area contributed by atoms with Crippen LogP contribution in [-0.2, 0) is 4.74 Å². The first-order valence-corrected chi connectivity index (χ1v) is 4.54. The second-order valence-electron chi connectivity index (χ2n) is 2.48. The average Bonchev–Trinajstić information content (AvgIpc) is 2.19. The lowest BCUT2D eigenvalue weighted by molar-refractivity contribution is 0.0509. The minimum Gasteiger partial charge on any atom is -0.468 e. The van der Waals surface area contributed by atoms with Crippen molar-refractivity contribution in [3.05, 3.63) is 28.0 Å². The summed E-state index contributed by atoms with van der Waals surface area (Å²) in [5.74, 6) is -0.216. The molecular formula is C9H8BrFO3. The van der Waals surface area contributed by atoms with Crippen molar-refractivity contribution in [1.29, 1.82) is 0 Å². The molecule has 0 amide bonds. The number of benzene rings is 1. The smallest absolute Gasteiger partial charge is 0.188 e. The molecule has 0 bridgehead atoms. The molecule has 0 N–H and O–H groups in total. The number of ether oxygens (including phenoxy) is 2. The number of carbonyl (C=O) groups excluding carboxylic acids is 1. The number of hydrogen-bond acceptors (Lipinski definition) is 3. The largest absolute Gasteiger partial charge is 0.468 e. The van der Waals surface area contributed by atoms with Crippen LogP contribution in [0.25, 0.3) is 0 Å². The third-order valence-electron chi connectivity index (χ3n) is 1.50. The van der Waals surface area contributed by atoms with Crippen LogP contribution in [0.4, 0.5) is 4.39 Å². The van der Waals surface area contributed by atoms with Gasteiger partial charge in [0.15, 0.2) is 13.1 Å². The molecule has 14 heavy (non-hydrogen) atoms. The van der Waals surface area contributed by atoms with Crippen LogP contribution in [0.1, 0.15) is 10.4 Å². The molecule has 0 aliphatic heterocycles. The Morgan fingerprint density at radius 3 is 2.86 bits per heavy atom. The van der Waals surface area contributed by atoms with E-state index in [9.17, 15) is 9.18 Å². The summed E-state index contributed by atoms with van der Waals surface area (Å²) in [6.45, 7) is 0.0520. The maximum Gasteiger partial charge on any atom is 0.188 e. The van der Waals surface area contributed by atoms with E-state index in [2.05, 4.69) is 20.7 Å². The van der Waals surface area contributed by atoms with Crippen molar-refractivity contribution in [2.75, 3.05) is 13.9 Å². The first-order valence-electron chi connectivity index (χ1n) is 3.75. The van der Waals surface area contributed by atoms with Crippen LogP contribution in [0.2, 0.25) is 0 Å². The van der Waals surface area contributed by atoms with Crippen molar-refractivity contribution in [3.63, 3.8) is 0 Å². The van der Waals surface area contributed by atoms with Crippen molar-refractivity contribution in [2.24, 2.45) is 0 Å². The molecule has 1 rings (SSSR count). The Morgan fingerprint density at radius 2 is 2.29 bits per heavy atom. The number of halogens is 2. The van der Waals surface area contributed by atoms with Crippen molar-refractivity contribution in [2.45, 2.75) is 0 Å². The van der Waals surface area contributed by atoms with Gasteiger partial charge in [0.25, 0.3) is 0 Å². The zero-order valence-corrected chi connectivity index (χ0v) is 9.01. The van der Waals surface area contributed by atoms with Crippen LogP contribution >= 0.6 is 15.9 Å². The molecule has 1 aromatic rings. The zero-order valence-electron chi connectivity index (χ0n) is 7.42. The van der Waals surface area contributed by atoms with E-state index in [1.54, 1.807) is 0 Å². The van der Waals surface area contributed by atoms with E-state index in [0.29, 0.717) is 12.0 Å². The Labute approximate surface area is 88.9 Å². The van der Waals surface area contributed by atoms with E-state index < -0.39 is 5.82 Å². The summed E-state index contributed by atoms with van der Waals surface area (Å²) in [6.07, 6.45) is 0.430. The van der Waals surface area contributed by atoms with E-state index in [1.807, 2.05) is 0 Å². The van der Waals surface area contributed by atoms with Gasteiger partial charge >= 0.3 is 0 Å². The number of hydrogen-bond donors (Lipinski definition) is 0. The summed E-state index contributed by atoms with van der Waals surface area (Å²) >= 11 is 2.97. The van der Waals surface area contributed by atoms with Crippen molar-refractivity contribution >= 4 is 22.2 Å². The molecule has 0 aliphatic rings. The molecule has 0 fully saturated rings. The second-order valence-corrected chi connectivity index (χ2v) is 3.33. The predicted molar refractivity (Wildman–Crippen MR) is 52.0 cm³/mol. The molecule has 0 aromatic heterocycles. The highest BCUT2D eigenvalue weighted by atomic mass is 79.9. The summed E-state index contributed by atoms with van der Waals surface area (Å²) in [6, 6.07) is 2.74. The Bertz CT molecular complexity index is 341. The quantitative estimate of drug-likeness (QED) is 0.618. The minimum absolute atomic E-state index is 0.0505. The fourth-order valence-electron chi connectivity index (χ4n) is 0.880. The van der Waals surface area contributed by atoms with E-state index >= 15 is 0 Å². The lowest BCUT2D eigenvalue weighted by Gasteiger charge is -2.06. The molecule has 0 radical (unpaired) electrons. The van der Waals surface area contributed by atoms with E-state index in [4.69, 9.17) is 4.74 Å². The van der Waals surface area contributed by atoms with Crippen LogP contribution in [0, 0.1) is 5.82 Å². The lowest BCUT2D eigenvalue weighted by Crippen LogP contribution is -2.00. The van der Waals surface area contributed by atoms with Gasteiger partial charge in [0.2, 0.25) is 0 Å². The fourth-order valence-corrected chi connectivity index (χ4v) is 1.34. The third-order valence-corrected chi connectivity index (χ3v) is 2.08. The monoisotopic (exact) mass is 262 g/mol. The molecular weight excluding hydrogens is 255 g/mol. The molecule has 0 saturated carbocycles. The molecule has 76 valence electrons. The van der Waals surface area contributed by atoms with E-state index in [0.717, 1.165) is 0 Å². The molecule has 3 nitrogen and oxygen atoms in total. The Balaban J connectivity index is 2.97. The van der Waals surface area contributed by atoms with Crippen LogP contribution < -0.4 is 4.74 Å². The molecule has 5 heteroatoms. The third kappa shape index (κ3) is 2.52. The molecule has 0 atom stereocenters. The highest BCUT2D eigenvalue weighted by molar-refractivity contribution is 9.10. The summed E-state index contributed by atoms with van der Waals surface area (Å²) < 4.78 is 23.1. The standard InChI is InChI=1S/C9H8BrFO3/c1-13-5-14-7-2-6(4-12)9(11)8(10)3-7/h2-4H,5H2,1H3. The van der Waals surface area contributed by atoms with Crippen molar-refractivity contribution < 1.29 is 18.7 Å². The average molecular weight is 263 g/mol. The van der Waals surface area contributed by atoms with Crippen LogP contribution in [0.15, 0.2) is 16.6 Å². The molecule has 0 aliphatic carbocycles. The number of methoxy groups -OCH3 is 1. The first-order chi connectivity index (χ1) is 6.69.